The zero-order valence-corrected chi connectivity index (χ0v) is 10.5. The lowest BCUT2D eigenvalue weighted by atomic mass is 10.00. The standard InChI is InChI=1S/C11H23N5/c1-11(2)8-16(7-6-15(11)3)10(14-12)13-9-4-5-9/h9H,4-8,12H2,1-3H3,(H,13,14). The van der Waals surface area contributed by atoms with Gasteiger partial charge in [0, 0.05) is 25.2 Å². The fraction of sp³-hybridized carbons (Fsp3) is 0.909. The van der Waals surface area contributed by atoms with Crippen molar-refractivity contribution in [3.63, 3.8) is 0 Å². The normalized spacial score (nSPS) is 27.0. The molecule has 1 aliphatic heterocycles. The highest BCUT2D eigenvalue weighted by Gasteiger charge is 2.33. The Morgan fingerprint density at radius 3 is 2.56 bits per heavy atom. The molecule has 1 saturated heterocycles. The number of aliphatic imine (C=N–C) groups is 1. The van der Waals surface area contributed by atoms with Crippen molar-refractivity contribution in [2.24, 2.45) is 10.8 Å². The molecule has 2 fully saturated rings. The molecule has 0 bridgehead atoms. The van der Waals surface area contributed by atoms with Gasteiger partial charge in [-0.2, -0.15) is 0 Å². The van der Waals surface area contributed by atoms with Gasteiger partial charge in [-0.25, -0.2) is 10.8 Å². The van der Waals surface area contributed by atoms with Gasteiger partial charge in [0.2, 0.25) is 5.96 Å². The van der Waals surface area contributed by atoms with Crippen molar-refractivity contribution in [1.82, 2.24) is 15.2 Å². The monoisotopic (exact) mass is 225 g/mol. The Hall–Kier alpha value is -0.810. The van der Waals surface area contributed by atoms with Gasteiger partial charge in [0.25, 0.3) is 0 Å². The minimum Gasteiger partial charge on any atom is -0.339 e. The summed E-state index contributed by atoms with van der Waals surface area (Å²) in [4.78, 5) is 9.25. The first-order chi connectivity index (χ1) is 7.53. The molecule has 1 aliphatic carbocycles. The van der Waals surface area contributed by atoms with Crippen LogP contribution in [0.2, 0.25) is 0 Å². The molecule has 0 atom stereocenters. The number of rotatable bonds is 1. The molecule has 0 aromatic heterocycles. The first-order valence-corrected chi connectivity index (χ1v) is 6.03. The highest BCUT2D eigenvalue weighted by atomic mass is 15.4. The highest BCUT2D eigenvalue weighted by Crippen LogP contribution is 2.25. The summed E-state index contributed by atoms with van der Waals surface area (Å²) in [7, 11) is 2.17. The minimum atomic E-state index is 0.180. The second kappa shape index (κ2) is 4.22. The Morgan fingerprint density at radius 1 is 1.38 bits per heavy atom. The average Bonchev–Trinajstić information content (AvgIpc) is 3.02. The van der Waals surface area contributed by atoms with Crippen molar-refractivity contribution in [2.75, 3.05) is 26.7 Å². The van der Waals surface area contributed by atoms with Crippen LogP contribution < -0.4 is 11.3 Å². The number of likely N-dealkylation sites (N-methyl/N-ethyl adjacent to an activating group) is 1. The molecule has 2 aliphatic rings. The van der Waals surface area contributed by atoms with Gasteiger partial charge in [0.1, 0.15) is 0 Å². The SMILES string of the molecule is CN1CCN(C(=NC2CC2)NN)CC1(C)C. The number of nitrogens with one attached hydrogen (secondary N) is 1. The predicted octanol–water partition coefficient (Wildman–Crippen LogP) is -0.00590. The van der Waals surface area contributed by atoms with Crippen LogP contribution in [0, 0.1) is 0 Å². The van der Waals surface area contributed by atoms with Crippen molar-refractivity contribution >= 4 is 5.96 Å². The summed E-state index contributed by atoms with van der Waals surface area (Å²) >= 11 is 0. The van der Waals surface area contributed by atoms with E-state index >= 15 is 0 Å². The van der Waals surface area contributed by atoms with Gasteiger partial charge in [-0.1, -0.05) is 0 Å². The quantitative estimate of drug-likeness (QED) is 0.285. The number of nitrogens with zero attached hydrogens (tertiary/aromatic N) is 3. The average molecular weight is 225 g/mol. The summed E-state index contributed by atoms with van der Waals surface area (Å²) < 4.78 is 0. The van der Waals surface area contributed by atoms with E-state index in [1.807, 2.05) is 0 Å². The van der Waals surface area contributed by atoms with Crippen LogP contribution in [0.3, 0.4) is 0 Å². The summed E-state index contributed by atoms with van der Waals surface area (Å²) in [6.45, 7) is 7.53. The third kappa shape index (κ3) is 2.47. The van der Waals surface area contributed by atoms with Gasteiger partial charge in [-0.05, 0) is 33.7 Å². The number of hydrogen-bond acceptors (Lipinski definition) is 3. The number of hydrogen-bond donors (Lipinski definition) is 2. The Bertz CT molecular complexity index is 282. The Labute approximate surface area is 97.7 Å². The maximum Gasteiger partial charge on any atom is 0.208 e. The van der Waals surface area contributed by atoms with Crippen LogP contribution in [0.1, 0.15) is 26.7 Å². The fourth-order valence-electron chi connectivity index (χ4n) is 2.01. The molecule has 0 spiro atoms. The van der Waals surface area contributed by atoms with E-state index in [9.17, 15) is 0 Å². The van der Waals surface area contributed by atoms with Crippen molar-refractivity contribution in [3.8, 4) is 0 Å². The van der Waals surface area contributed by atoms with Gasteiger partial charge in [-0.3, -0.25) is 10.3 Å². The molecule has 0 radical (unpaired) electrons. The van der Waals surface area contributed by atoms with Crippen LogP contribution in [-0.4, -0.2) is 54.0 Å². The van der Waals surface area contributed by atoms with Crippen LogP contribution in [0.15, 0.2) is 4.99 Å². The first-order valence-electron chi connectivity index (χ1n) is 6.03. The molecule has 0 aromatic rings. The first kappa shape index (κ1) is 11.7. The Kier molecular flexibility index (Phi) is 3.08. The fourth-order valence-corrected chi connectivity index (χ4v) is 2.01. The smallest absolute Gasteiger partial charge is 0.208 e. The molecule has 5 nitrogen and oxygen atoms in total. The van der Waals surface area contributed by atoms with Crippen molar-refractivity contribution in [2.45, 2.75) is 38.3 Å². The predicted molar refractivity (Wildman–Crippen MR) is 66.1 cm³/mol. The van der Waals surface area contributed by atoms with E-state index < -0.39 is 0 Å². The topological polar surface area (TPSA) is 56.9 Å². The molecule has 2 rings (SSSR count). The molecule has 92 valence electrons. The Balaban J connectivity index is 2.03. The number of piperazine rings is 1. The molecule has 0 aromatic carbocycles. The molecular weight excluding hydrogens is 202 g/mol. The molecule has 1 heterocycles. The zero-order valence-electron chi connectivity index (χ0n) is 10.5. The second-order valence-electron chi connectivity index (χ2n) is 5.48. The summed E-state index contributed by atoms with van der Waals surface area (Å²) in [6.07, 6.45) is 2.42. The minimum absolute atomic E-state index is 0.180. The van der Waals surface area contributed by atoms with Crippen LogP contribution in [0.25, 0.3) is 0 Å². The van der Waals surface area contributed by atoms with Crippen molar-refractivity contribution in [1.29, 1.82) is 0 Å². The largest absolute Gasteiger partial charge is 0.339 e. The van der Waals surface area contributed by atoms with E-state index in [4.69, 9.17) is 5.84 Å². The zero-order chi connectivity index (χ0) is 11.8. The number of guanidine groups is 1. The van der Waals surface area contributed by atoms with Gasteiger partial charge in [-0.15, -0.1) is 0 Å². The summed E-state index contributed by atoms with van der Waals surface area (Å²) in [5.74, 6) is 6.43. The third-order valence-electron chi connectivity index (χ3n) is 3.60. The van der Waals surface area contributed by atoms with Crippen LogP contribution >= 0.6 is 0 Å². The molecular formula is C11H23N5. The van der Waals surface area contributed by atoms with Crippen molar-refractivity contribution < 1.29 is 0 Å². The van der Waals surface area contributed by atoms with E-state index in [0.29, 0.717) is 6.04 Å². The number of hydrazine groups is 1. The van der Waals surface area contributed by atoms with Crippen LogP contribution in [0.5, 0.6) is 0 Å². The lowest BCUT2D eigenvalue weighted by Crippen LogP contribution is -2.61. The summed E-state index contributed by atoms with van der Waals surface area (Å²) in [5.41, 5.74) is 2.93. The maximum absolute atomic E-state index is 5.57. The summed E-state index contributed by atoms with van der Waals surface area (Å²) in [6, 6.07) is 0.508. The van der Waals surface area contributed by atoms with Crippen LogP contribution in [0.4, 0.5) is 0 Å². The molecule has 0 unspecified atom stereocenters. The van der Waals surface area contributed by atoms with E-state index in [1.165, 1.54) is 12.8 Å². The molecule has 16 heavy (non-hydrogen) atoms. The summed E-state index contributed by atoms with van der Waals surface area (Å²) in [5, 5.41) is 0. The van der Waals surface area contributed by atoms with E-state index in [-0.39, 0.29) is 5.54 Å². The number of nitrogens with two attached hydrogens (primary N) is 1. The van der Waals surface area contributed by atoms with E-state index in [0.717, 1.165) is 25.6 Å². The van der Waals surface area contributed by atoms with Crippen LogP contribution in [-0.2, 0) is 0 Å². The maximum atomic E-state index is 5.57. The van der Waals surface area contributed by atoms with Gasteiger partial charge >= 0.3 is 0 Å². The van der Waals surface area contributed by atoms with Crippen molar-refractivity contribution in [3.05, 3.63) is 0 Å². The molecule has 3 N–H and O–H groups in total. The van der Waals surface area contributed by atoms with Gasteiger partial charge < -0.3 is 4.90 Å². The van der Waals surface area contributed by atoms with E-state index in [2.05, 4.69) is 41.1 Å². The Morgan fingerprint density at radius 2 is 2.06 bits per heavy atom. The lowest BCUT2D eigenvalue weighted by Gasteiger charge is -2.46. The highest BCUT2D eigenvalue weighted by molar-refractivity contribution is 5.80. The third-order valence-corrected chi connectivity index (χ3v) is 3.60. The van der Waals surface area contributed by atoms with Gasteiger partial charge in [0.15, 0.2) is 0 Å². The second-order valence-corrected chi connectivity index (χ2v) is 5.48. The molecule has 1 saturated carbocycles. The molecule has 0 amide bonds. The molecule has 5 heteroatoms. The van der Waals surface area contributed by atoms with E-state index in [1.54, 1.807) is 0 Å². The van der Waals surface area contributed by atoms with Gasteiger partial charge in [0.05, 0.1) is 6.04 Å². The lowest BCUT2D eigenvalue weighted by molar-refractivity contribution is 0.0725.